The Morgan fingerprint density at radius 3 is 2.59 bits per heavy atom. The molecule has 0 saturated heterocycles. The van der Waals surface area contributed by atoms with Crippen molar-refractivity contribution in [3.05, 3.63) is 70.4 Å². The van der Waals surface area contributed by atoms with Crippen molar-refractivity contribution in [1.82, 2.24) is 19.9 Å². The van der Waals surface area contributed by atoms with E-state index in [1.54, 1.807) is 24.6 Å². The Hall–Kier alpha value is -3.62. The van der Waals surface area contributed by atoms with Crippen LogP contribution in [0.25, 0.3) is 16.9 Å². The normalized spacial score (nSPS) is 13.6. The number of fused-ring (bicyclic) bond motifs is 1. The van der Waals surface area contributed by atoms with Crippen LogP contribution < -0.4 is 16.0 Å². The lowest BCUT2D eigenvalue weighted by Crippen LogP contribution is -2.29. The number of benzene rings is 2. The van der Waals surface area contributed by atoms with Gasteiger partial charge in [-0.05, 0) is 75.9 Å². The summed E-state index contributed by atoms with van der Waals surface area (Å²) >= 11 is 6.23. The van der Waals surface area contributed by atoms with E-state index in [2.05, 4.69) is 20.9 Å². The van der Waals surface area contributed by atoms with Crippen LogP contribution in [0.3, 0.4) is 0 Å². The lowest BCUT2D eigenvalue weighted by molar-refractivity contribution is 0.0940. The van der Waals surface area contributed by atoms with Gasteiger partial charge in [-0.3, -0.25) is 4.79 Å². The molecular formula is C28H31ClN6O2. The molecule has 5 rings (SSSR count). The van der Waals surface area contributed by atoms with Gasteiger partial charge >= 0.3 is 0 Å². The van der Waals surface area contributed by atoms with E-state index in [0.717, 1.165) is 46.6 Å². The molecule has 9 heteroatoms. The largest absolute Gasteiger partial charge is 0.389 e. The molecule has 2 heterocycles. The molecule has 4 aromatic rings. The van der Waals surface area contributed by atoms with Crippen molar-refractivity contribution in [1.29, 1.82) is 0 Å². The van der Waals surface area contributed by atoms with E-state index < -0.39 is 5.60 Å². The average Bonchev–Trinajstić information content (AvgIpc) is 3.54. The molecule has 0 radical (unpaired) electrons. The van der Waals surface area contributed by atoms with Crippen molar-refractivity contribution in [2.24, 2.45) is 0 Å². The summed E-state index contributed by atoms with van der Waals surface area (Å²) in [5.74, 6) is 0.553. The highest BCUT2D eigenvalue weighted by atomic mass is 35.5. The molecule has 1 aliphatic rings. The van der Waals surface area contributed by atoms with Crippen molar-refractivity contribution in [2.45, 2.75) is 52.2 Å². The van der Waals surface area contributed by atoms with E-state index >= 15 is 0 Å². The average molecular weight is 519 g/mol. The quantitative estimate of drug-likeness (QED) is 0.246. The Morgan fingerprint density at radius 2 is 1.89 bits per heavy atom. The topological polar surface area (TPSA) is 104 Å². The summed E-state index contributed by atoms with van der Waals surface area (Å²) in [6.45, 7) is 7.75. The van der Waals surface area contributed by atoms with Crippen LogP contribution in [0.2, 0.25) is 5.02 Å². The molecule has 8 nitrogen and oxygen atoms in total. The fraction of sp³-hybridized carbons (Fsp3) is 0.321. The lowest BCUT2D eigenvalue weighted by atomic mass is 10.0. The van der Waals surface area contributed by atoms with Crippen molar-refractivity contribution in [3.8, 4) is 11.3 Å². The van der Waals surface area contributed by atoms with Gasteiger partial charge in [-0.2, -0.15) is 0 Å². The van der Waals surface area contributed by atoms with Crippen LogP contribution in [-0.2, 0) is 0 Å². The number of carbonyl (C=O) groups excluding carboxylic acids is 1. The van der Waals surface area contributed by atoms with Gasteiger partial charge in [0.1, 0.15) is 0 Å². The molecule has 1 aliphatic carbocycles. The minimum atomic E-state index is -0.916. The van der Waals surface area contributed by atoms with Crippen LogP contribution >= 0.6 is 11.6 Å². The van der Waals surface area contributed by atoms with E-state index in [0.29, 0.717) is 34.6 Å². The molecule has 1 fully saturated rings. The Balaban J connectivity index is 1.55. The number of imidazole rings is 1. The number of anilines is 3. The molecule has 0 aliphatic heterocycles. The maximum absolute atomic E-state index is 12.6. The summed E-state index contributed by atoms with van der Waals surface area (Å²) < 4.78 is 1.77. The molecule has 0 spiro atoms. The summed E-state index contributed by atoms with van der Waals surface area (Å²) in [5, 5.41) is 25.5. The molecular weight excluding hydrogens is 488 g/mol. The molecule has 4 N–H and O–H groups in total. The van der Waals surface area contributed by atoms with E-state index in [4.69, 9.17) is 16.7 Å². The molecule has 2 aromatic heterocycles. The highest BCUT2D eigenvalue weighted by molar-refractivity contribution is 6.30. The maximum atomic E-state index is 12.6. The summed E-state index contributed by atoms with van der Waals surface area (Å²) in [4.78, 5) is 17.2. The Bertz CT molecular complexity index is 1490. The summed E-state index contributed by atoms with van der Waals surface area (Å²) in [6.07, 6.45) is 3.86. The number of amides is 1. The highest BCUT2D eigenvalue weighted by Crippen LogP contribution is 2.30. The first-order valence-corrected chi connectivity index (χ1v) is 12.8. The minimum Gasteiger partial charge on any atom is -0.389 e. The van der Waals surface area contributed by atoms with Crippen molar-refractivity contribution < 1.29 is 9.90 Å². The monoisotopic (exact) mass is 518 g/mol. The molecule has 1 saturated carbocycles. The second kappa shape index (κ2) is 9.68. The smallest absolute Gasteiger partial charge is 0.251 e. The van der Waals surface area contributed by atoms with Gasteiger partial charge < -0.3 is 21.1 Å². The molecule has 192 valence electrons. The zero-order chi connectivity index (χ0) is 26.3. The third-order valence-corrected chi connectivity index (χ3v) is 6.56. The van der Waals surface area contributed by atoms with Crippen LogP contribution in [0.1, 0.15) is 48.2 Å². The number of hydrogen-bond donors (Lipinski definition) is 4. The van der Waals surface area contributed by atoms with Crippen LogP contribution in [0.5, 0.6) is 0 Å². The number of halogens is 1. The van der Waals surface area contributed by atoms with Crippen LogP contribution in [0.15, 0.2) is 48.7 Å². The maximum Gasteiger partial charge on any atom is 0.251 e. The second-order valence-electron chi connectivity index (χ2n) is 10.3. The molecule has 0 bridgehead atoms. The first kappa shape index (κ1) is 25.0. The Kier molecular flexibility index (Phi) is 6.56. The molecule has 0 atom stereocenters. The predicted molar refractivity (Wildman–Crippen MR) is 148 cm³/mol. The van der Waals surface area contributed by atoms with Gasteiger partial charge in [-0.15, -0.1) is 5.10 Å². The van der Waals surface area contributed by atoms with Gasteiger partial charge in [0.05, 0.1) is 23.2 Å². The first-order chi connectivity index (χ1) is 17.6. The minimum absolute atomic E-state index is 0.0377. The summed E-state index contributed by atoms with van der Waals surface area (Å²) in [6, 6.07) is 13.6. The van der Waals surface area contributed by atoms with Crippen LogP contribution in [0, 0.1) is 13.8 Å². The number of aryl methyl sites for hydroxylation is 2. The lowest BCUT2D eigenvalue weighted by Gasteiger charge is -2.19. The SMILES string of the molecule is Cc1ccc(Cl)cc1Nc1cc(NCC(C)(C)O)c2ncc(-c3ccc(C(=O)NC4CC4)c(C)c3)n2n1. The summed E-state index contributed by atoms with van der Waals surface area (Å²) in [5.41, 5.74) is 5.54. The fourth-order valence-electron chi connectivity index (χ4n) is 4.10. The standard InChI is InChI=1S/C28H31ClN6O2/c1-16-5-7-19(29)12-22(16)33-25-13-23(31-15-28(3,4)37)26-30-14-24(35(26)34-25)18-6-10-21(17(2)11-18)27(36)32-20-8-9-20/h5-7,10-14,20,31,37H,8-9,15H2,1-4H3,(H,32,36)(H,33,34). The molecule has 0 unspecified atom stereocenters. The number of hydrogen-bond acceptors (Lipinski definition) is 6. The van der Waals surface area contributed by atoms with Gasteiger partial charge in [0.25, 0.3) is 5.91 Å². The number of rotatable bonds is 8. The van der Waals surface area contributed by atoms with Gasteiger partial charge in [0.2, 0.25) is 0 Å². The van der Waals surface area contributed by atoms with Gasteiger partial charge in [-0.25, -0.2) is 9.50 Å². The predicted octanol–water partition coefficient (Wildman–Crippen LogP) is 5.49. The molecule has 37 heavy (non-hydrogen) atoms. The third-order valence-electron chi connectivity index (χ3n) is 6.32. The Morgan fingerprint density at radius 1 is 1.11 bits per heavy atom. The van der Waals surface area contributed by atoms with E-state index in [-0.39, 0.29) is 5.91 Å². The number of aliphatic hydroxyl groups is 1. The number of nitrogens with one attached hydrogen (secondary N) is 3. The van der Waals surface area contributed by atoms with Crippen molar-refractivity contribution >= 4 is 40.3 Å². The van der Waals surface area contributed by atoms with Crippen molar-refractivity contribution in [2.75, 3.05) is 17.2 Å². The fourth-order valence-corrected chi connectivity index (χ4v) is 4.28. The van der Waals surface area contributed by atoms with Gasteiger partial charge in [0, 0.05) is 40.5 Å². The van der Waals surface area contributed by atoms with Gasteiger partial charge in [0.15, 0.2) is 11.5 Å². The van der Waals surface area contributed by atoms with E-state index in [9.17, 15) is 9.90 Å². The Labute approximate surface area is 221 Å². The van der Waals surface area contributed by atoms with Crippen molar-refractivity contribution in [3.63, 3.8) is 0 Å². The molecule has 1 amide bonds. The first-order valence-electron chi connectivity index (χ1n) is 12.4. The highest BCUT2D eigenvalue weighted by Gasteiger charge is 2.24. The van der Waals surface area contributed by atoms with E-state index in [1.165, 1.54) is 0 Å². The van der Waals surface area contributed by atoms with E-state index in [1.807, 2.05) is 56.3 Å². The second-order valence-corrected chi connectivity index (χ2v) is 10.8. The number of carbonyl (C=O) groups is 1. The number of aromatic nitrogens is 3. The summed E-state index contributed by atoms with van der Waals surface area (Å²) in [7, 11) is 0. The molecule has 2 aromatic carbocycles. The number of nitrogens with zero attached hydrogens (tertiary/aromatic N) is 3. The zero-order valence-corrected chi connectivity index (χ0v) is 22.1. The van der Waals surface area contributed by atoms with Crippen LogP contribution in [0.4, 0.5) is 17.2 Å². The van der Waals surface area contributed by atoms with Gasteiger partial charge in [-0.1, -0.05) is 23.7 Å². The zero-order valence-electron chi connectivity index (χ0n) is 21.4. The third kappa shape index (κ3) is 5.70. The van der Waals surface area contributed by atoms with Crippen LogP contribution in [-0.4, -0.2) is 43.8 Å².